The van der Waals surface area contributed by atoms with Crippen LogP contribution in [0.2, 0.25) is 0 Å². The number of benzene rings is 1. The van der Waals surface area contributed by atoms with Gasteiger partial charge in [0, 0.05) is 26.0 Å². The number of nitrogens with zero attached hydrogens (tertiary/aromatic N) is 3. The fourth-order valence-electron chi connectivity index (χ4n) is 4.22. The Morgan fingerprint density at radius 3 is 2.81 bits per heavy atom. The van der Waals surface area contributed by atoms with Crippen LogP contribution in [-0.2, 0) is 16.0 Å². The number of hydrogen-bond acceptors (Lipinski definition) is 6. The Balaban J connectivity index is 1.47. The summed E-state index contributed by atoms with van der Waals surface area (Å²) in [5, 5.41) is 9.45. The second-order valence-electron chi connectivity index (χ2n) is 7.25. The molecule has 27 heavy (non-hydrogen) atoms. The van der Waals surface area contributed by atoms with Gasteiger partial charge in [0.15, 0.2) is 0 Å². The molecule has 2 heterocycles. The first-order valence-electron chi connectivity index (χ1n) is 9.51. The van der Waals surface area contributed by atoms with Gasteiger partial charge in [-0.05, 0) is 30.9 Å². The van der Waals surface area contributed by atoms with Gasteiger partial charge in [0.25, 0.3) is 0 Å². The number of ether oxygens (including phenoxy) is 2. The van der Waals surface area contributed by atoms with Crippen LogP contribution in [-0.4, -0.2) is 64.9 Å². The smallest absolute Gasteiger partial charge is 0.235 e. The molecule has 2 fully saturated rings. The van der Waals surface area contributed by atoms with Gasteiger partial charge in [-0.25, -0.2) is 9.97 Å². The zero-order valence-corrected chi connectivity index (χ0v) is 15.5. The van der Waals surface area contributed by atoms with Crippen LogP contribution in [0.4, 0.5) is 0 Å². The van der Waals surface area contributed by atoms with Crippen molar-refractivity contribution in [1.82, 2.24) is 14.9 Å². The molecule has 144 valence electrons. The van der Waals surface area contributed by atoms with Crippen LogP contribution in [0.25, 0.3) is 11.0 Å². The minimum atomic E-state index is 0.0508. The molecular formula is C20H25N3O4. The van der Waals surface area contributed by atoms with Crippen molar-refractivity contribution in [3.63, 3.8) is 0 Å². The van der Waals surface area contributed by atoms with Gasteiger partial charge in [-0.1, -0.05) is 12.1 Å². The molecule has 1 saturated heterocycles. The number of rotatable bonds is 5. The predicted octanol–water partition coefficient (Wildman–Crippen LogP) is 1.57. The minimum Gasteiger partial charge on any atom is -0.480 e. The Labute approximate surface area is 158 Å². The van der Waals surface area contributed by atoms with Crippen LogP contribution in [0.3, 0.4) is 0 Å². The van der Waals surface area contributed by atoms with Crippen LogP contribution in [0.15, 0.2) is 24.3 Å². The van der Waals surface area contributed by atoms with E-state index >= 15 is 0 Å². The van der Waals surface area contributed by atoms with Gasteiger partial charge in [-0.3, -0.25) is 4.79 Å². The van der Waals surface area contributed by atoms with Gasteiger partial charge < -0.3 is 19.5 Å². The second kappa shape index (κ2) is 7.78. The summed E-state index contributed by atoms with van der Waals surface area (Å²) in [6.07, 6.45) is 2.53. The largest absolute Gasteiger partial charge is 0.480 e. The SMILES string of the molecule is COc1nc2ccccc2nc1CCC(=O)N1CCOC2C[C@H](CO)C[C@@H]21. The van der Waals surface area contributed by atoms with E-state index in [1.165, 1.54) is 0 Å². The summed E-state index contributed by atoms with van der Waals surface area (Å²) in [6, 6.07) is 7.71. The Morgan fingerprint density at radius 2 is 2.07 bits per heavy atom. The van der Waals surface area contributed by atoms with Crippen molar-refractivity contribution in [2.24, 2.45) is 5.92 Å². The molecule has 1 aliphatic carbocycles. The van der Waals surface area contributed by atoms with Crippen LogP contribution < -0.4 is 4.74 Å². The summed E-state index contributed by atoms with van der Waals surface area (Å²) in [6.45, 7) is 1.32. The number of aryl methyl sites for hydroxylation is 1. The highest BCUT2D eigenvalue weighted by Crippen LogP contribution is 2.34. The molecule has 1 aromatic carbocycles. The first kappa shape index (κ1) is 18.1. The molecule has 4 rings (SSSR count). The number of amides is 1. The maximum atomic E-state index is 12.9. The normalized spacial score (nSPS) is 24.8. The van der Waals surface area contributed by atoms with E-state index in [2.05, 4.69) is 9.97 Å². The number of fused-ring (bicyclic) bond motifs is 2. The fraction of sp³-hybridized carbons (Fsp3) is 0.550. The van der Waals surface area contributed by atoms with Crippen molar-refractivity contribution >= 4 is 16.9 Å². The monoisotopic (exact) mass is 371 g/mol. The third-order valence-electron chi connectivity index (χ3n) is 5.59. The second-order valence-corrected chi connectivity index (χ2v) is 7.25. The third kappa shape index (κ3) is 3.61. The molecule has 0 radical (unpaired) electrons. The maximum Gasteiger partial charge on any atom is 0.235 e. The van der Waals surface area contributed by atoms with E-state index < -0.39 is 0 Å². The first-order chi connectivity index (χ1) is 13.2. The quantitative estimate of drug-likeness (QED) is 0.859. The number of aromatic nitrogens is 2. The van der Waals surface area contributed by atoms with E-state index in [9.17, 15) is 9.90 Å². The van der Waals surface area contributed by atoms with Gasteiger partial charge in [-0.15, -0.1) is 0 Å². The molecular weight excluding hydrogens is 346 g/mol. The highest BCUT2D eigenvalue weighted by Gasteiger charge is 2.42. The summed E-state index contributed by atoms with van der Waals surface area (Å²) >= 11 is 0. The standard InChI is InChI=1S/C20H25N3O4/c1-26-20-16(21-14-4-2-3-5-15(14)22-20)6-7-19(25)23-8-9-27-18-11-13(12-24)10-17(18)23/h2-5,13,17-18,24H,6-12H2,1H3/t13-,17+,18?/m1/s1. The highest BCUT2D eigenvalue weighted by molar-refractivity contribution is 5.78. The van der Waals surface area contributed by atoms with Gasteiger partial charge >= 0.3 is 0 Å². The molecule has 1 saturated carbocycles. The maximum absolute atomic E-state index is 12.9. The lowest BCUT2D eigenvalue weighted by molar-refractivity contribution is -0.143. The van der Waals surface area contributed by atoms with Crippen molar-refractivity contribution < 1.29 is 19.4 Å². The molecule has 3 atom stereocenters. The molecule has 1 aliphatic heterocycles. The molecule has 1 unspecified atom stereocenters. The average Bonchev–Trinajstić information content (AvgIpc) is 3.14. The summed E-state index contributed by atoms with van der Waals surface area (Å²) in [5.41, 5.74) is 2.28. The molecule has 7 heteroatoms. The number of methoxy groups -OCH3 is 1. The van der Waals surface area contributed by atoms with Crippen LogP contribution in [0.1, 0.15) is 25.0 Å². The Hall–Kier alpha value is -2.25. The van der Waals surface area contributed by atoms with Gasteiger partial charge in [-0.2, -0.15) is 0 Å². The van der Waals surface area contributed by atoms with E-state index in [4.69, 9.17) is 9.47 Å². The molecule has 1 amide bonds. The predicted molar refractivity (Wildman–Crippen MR) is 99.5 cm³/mol. The van der Waals surface area contributed by atoms with Gasteiger partial charge in [0.05, 0.1) is 36.9 Å². The molecule has 2 aliphatic rings. The molecule has 7 nitrogen and oxygen atoms in total. The van der Waals surface area contributed by atoms with E-state index in [0.29, 0.717) is 37.6 Å². The Bertz CT molecular complexity index is 828. The number of para-hydroxylation sites is 2. The lowest BCUT2D eigenvalue weighted by atomic mass is 10.1. The van der Waals surface area contributed by atoms with E-state index in [1.807, 2.05) is 29.2 Å². The summed E-state index contributed by atoms with van der Waals surface area (Å²) in [5.74, 6) is 0.798. The minimum absolute atomic E-state index is 0.0508. The number of carbonyl (C=O) groups is 1. The van der Waals surface area contributed by atoms with Gasteiger partial charge in [0.2, 0.25) is 11.8 Å². The molecule has 2 aromatic rings. The van der Waals surface area contributed by atoms with Crippen LogP contribution >= 0.6 is 0 Å². The number of morpholine rings is 1. The number of aliphatic hydroxyl groups is 1. The highest BCUT2D eigenvalue weighted by atomic mass is 16.5. The van der Waals surface area contributed by atoms with Crippen molar-refractivity contribution in [3.05, 3.63) is 30.0 Å². The zero-order valence-electron chi connectivity index (χ0n) is 15.5. The average molecular weight is 371 g/mol. The van der Waals surface area contributed by atoms with Crippen molar-refractivity contribution in [2.45, 2.75) is 37.8 Å². The summed E-state index contributed by atoms with van der Waals surface area (Å²) in [7, 11) is 1.57. The topological polar surface area (TPSA) is 84.8 Å². The lowest BCUT2D eigenvalue weighted by Crippen LogP contribution is -2.51. The zero-order chi connectivity index (χ0) is 18.8. The first-order valence-corrected chi connectivity index (χ1v) is 9.51. The fourth-order valence-corrected chi connectivity index (χ4v) is 4.22. The van der Waals surface area contributed by atoms with E-state index in [0.717, 1.165) is 23.9 Å². The van der Waals surface area contributed by atoms with Crippen LogP contribution in [0.5, 0.6) is 5.88 Å². The molecule has 1 aromatic heterocycles. The number of hydrogen-bond donors (Lipinski definition) is 1. The number of carbonyl (C=O) groups excluding carboxylic acids is 1. The summed E-state index contributed by atoms with van der Waals surface area (Å²) in [4.78, 5) is 24.0. The summed E-state index contributed by atoms with van der Waals surface area (Å²) < 4.78 is 11.2. The van der Waals surface area contributed by atoms with E-state index in [-0.39, 0.29) is 30.6 Å². The third-order valence-corrected chi connectivity index (χ3v) is 5.59. The number of aliphatic hydroxyl groups excluding tert-OH is 1. The Kier molecular flexibility index (Phi) is 5.22. The lowest BCUT2D eigenvalue weighted by Gasteiger charge is -2.37. The van der Waals surface area contributed by atoms with Crippen LogP contribution in [0, 0.1) is 5.92 Å². The van der Waals surface area contributed by atoms with Gasteiger partial charge in [0.1, 0.15) is 5.69 Å². The molecule has 0 bridgehead atoms. The molecule has 0 spiro atoms. The van der Waals surface area contributed by atoms with Crippen molar-refractivity contribution in [3.8, 4) is 5.88 Å². The van der Waals surface area contributed by atoms with E-state index in [1.54, 1.807) is 7.11 Å². The van der Waals surface area contributed by atoms with Crippen molar-refractivity contribution in [2.75, 3.05) is 26.9 Å². The Morgan fingerprint density at radius 1 is 1.30 bits per heavy atom. The van der Waals surface area contributed by atoms with Crippen molar-refractivity contribution in [1.29, 1.82) is 0 Å². The molecule has 1 N–H and O–H groups in total.